The van der Waals surface area contributed by atoms with Crippen LogP contribution in [0.3, 0.4) is 0 Å². The zero-order valence-electron chi connectivity index (χ0n) is 21.3. The minimum Gasteiger partial charge on any atom is -0.493 e. The highest BCUT2D eigenvalue weighted by Crippen LogP contribution is 2.35. The van der Waals surface area contributed by atoms with Crippen molar-refractivity contribution >= 4 is 17.9 Å². The van der Waals surface area contributed by atoms with Crippen LogP contribution >= 0.6 is 0 Å². The molecule has 188 valence electrons. The summed E-state index contributed by atoms with van der Waals surface area (Å²) in [5.41, 5.74) is 4.15. The lowest BCUT2D eigenvalue weighted by Crippen LogP contribution is -2.63. The molecule has 3 heterocycles. The first-order valence-corrected chi connectivity index (χ1v) is 12.0. The average molecular weight is 490 g/mol. The molecule has 0 bridgehead atoms. The minimum absolute atomic E-state index is 0.229. The van der Waals surface area contributed by atoms with Crippen molar-refractivity contribution in [1.29, 1.82) is 0 Å². The molecular formula is C27H31N5O4. The van der Waals surface area contributed by atoms with Crippen molar-refractivity contribution < 1.29 is 19.1 Å². The number of rotatable bonds is 7. The third-order valence-corrected chi connectivity index (χ3v) is 7.04. The predicted molar refractivity (Wildman–Crippen MR) is 135 cm³/mol. The van der Waals surface area contributed by atoms with Crippen LogP contribution in [0.5, 0.6) is 11.5 Å². The molecular weight excluding hydrogens is 458 g/mol. The molecule has 0 spiro atoms. The first-order valence-electron chi connectivity index (χ1n) is 12.0. The maximum Gasteiger partial charge on any atom is 0.328 e. The normalized spacial score (nSPS) is 20.9. The van der Waals surface area contributed by atoms with Crippen molar-refractivity contribution in [2.75, 3.05) is 27.8 Å². The molecule has 3 aliphatic heterocycles. The van der Waals surface area contributed by atoms with Crippen LogP contribution in [0.1, 0.15) is 23.6 Å². The zero-order chi connectivity index (χ0) is 25.6. The third-order valence-electron chi connectivity index (χ3n) is 7.04. The van der Waals surface area contributed by atoms with Crippen LogP contribution in [-0.2, 0) is 17.8 Å². The molecule has 9 nitrogen and oxygen atoms in total. The average Bonchev–Trinajstić information content (AvgIpc) is 3.39. The second-order valence-electron chi connectivity index (χ2n) is 9.36. The molecule has 1 fully saturated rings. The van der Waals surface area contributed by atoms with E-state index in [0.29, 0.717) is 24.0 Å². The molecule has 36 heavy (non-hydrogen) atoms. The molecule has 3 amide bonds. The van der Waals surface area contributed by atoms with Crippen LogP contribution in [-0.4, -0.2) is 77.5 Å². The Kier molecular flexibility index (Phi) is 6.07. The summed E-state index contributed by atoms with van der Waals surface area (Å²) in [6.07, 6.45) is 2.15. The summed E-state index contributed by atoms with van der Waals surface area (Å²) >= 11 is 0. The number of hydrogen-bond donors (Lipinski definition) is 0. The lowest BCUT2D eigenvalue weighted by Gasteiger charge is -2.40. The summed E-state index contributed by atoms with van der Waals surface area (Å²) in [4.78, 5) is 38.5. The Bertz CT molecular complexity index is 1260. The van der Waals surface area contributed by atoms with E-state index in [1.807, 2.05) is 67.4 Å². The Hall–Kier alpha value is -4.01. The maximum atomic E-state index is 13.6. The molecule has 0 aromatic heterocycles. The molecule has 2 unspecified atom stereocenters. The summed E-state index contributed by atoms with van der Waals surface area (Å²) in [5.74, 6) is 1.85. The number of benzene rings is 2. The number of amides is 3. The predicted octanol–water partition coefficient (Wildman–Crippen LogP) is 3.19. The van der Waals surface area contributed by atoms with Gasteiger partial charge in [0.25, 0.3) is 5.91 Å². The van der Waals surface area contributed by atoms with Crippen molar-refractivity contribution in [2.24, 2.45) is 4.99 Å². The number of allylic oxidation sites excluding steroid dienone is 1. The van der Waals surface area contributed by atoms with Crippen LogP contribution in [0, 0.1) is 6.92 Å². The molecule has 2 aromatic carbocycles. The van der Waals surface area contributed by atoms with Gasteiger partial charge in [-0.2, -0.15) is 0 Å². The van der Waals surface area contributed by atoms with Crippen molar-refractivity contribution in [1.82, 2.24) is 19.6 Å². The number of guanidine groups is 1. The molecule has 0 saturated carbocycles. The lowest BCUT2D eigenvalue weighted by atomic mass is 10.1. The van der Waals surface area contributed by atoms with Crippen molar-refractivity contribution in [3.8, 4) is 11.5 Å². The zero-order valence-corrected chi connectivity index (χ0v) is 21.3. The van der Waals surface area contributed by atoms with Gasteiger partial charge in [-0.3, -0.25) is 9.69 Å². The van der Waals surface area contributed by atoms with Gasteiger partial charge in [0, 0.05) is 25.5 Å². The Balaban J connectivity index is 1.34. The highest BCUT2D eigenvalue weighted by Gasteiger charge is 2.54. The lowest BCUT2D eigenvalue weighted by molar-refractivity contribution is -0.137. The number of likely N-dealkylation sites (N-methyl/N-ethyl adjacent to an activating group) is 1. The Morgan fingerprint density at radius 1 is 0.917 bits per heavy atom. The number of hydrogen-bond acceptors (Lipinski definition) is 7. The fraction of sp³-hybridized carbons (Fsp3) is 0.370. The number of carbonyl (C=O) groups is 2. The van der Waals surface area contributed by atoms with Crippen molar-refractivity contribution in [2.45, 2.75) is 39.0 Å². The molecule has 9 heteroatoms. The second kappa shape index (κ2) is 9.22. The van der Waals surface area contributed by atoms with Crippen molar-refractivity contribution in [3.63, 3.8) is 0 Å². The summed E-state index contributed by atoms with van der Waals surface area (Å²) < 4.78 is 10.8. The van der Waals surface area contributed by atoms with E-state index in [4.69, 9.17) is 14.5 Å². The van der Waals surface area contributed by atoms with Crippen molar-refractivity contribution in [3.05, 3.63) is 71.1 Å². The summed E-state index contributed by atoms with van der Waals surface area (Å²) in [6.45, 7) is 4.93. The van der Waals surface area contributed by atoms with E-state index in [9.17, 15) is 9.59 Å². The quantitative estimate of drug-likeness (QED) is 0.595. The number of urea groups is 1. The van der Waals surface area contributed by atoms with Gasteiger partial charge in [-0.05, 0) is 43.5 Å². The van der Waals surface area contributed by atoms with Crippen LogP contribution in [0.25, 0.3) is 0 Å². The molecule has 1 saturated heterocycles. The first kappa shape index (κ1) is 23.7. The third kappa shape index (κ3) is 3.94. The summed E-state index contributed by atoms with van der Waals surface area (Å²) in [5, 5.41) is 0. The second-order valence-corrected chi connectivity index (χ2v) is 9.36. The molecule has 0 N–H and O–H groups in total. The summed E-state index contributed by atoms with van der Waals surface area (Å²) in [6, 6.07) is 12.9. The van der Waals surface area contributed by atoms with Gasteiger partial charge in [0.2, 0.25) is 5.96 Å². The Morgan fingerprint density at radius 2 is 1.61 bits per heavy atom. The SMILES string of the molecule is COc1ccc(CCN2C(C)=CN3C2=NC2C3C(=O)N(Cc3ccc(C)cc3)C(=O)N2C)cc1OC. The number of nitrogens with zero attached hydrogens (tertiary/aromatic N) is 5. The number of ether oxygens (including phenoxy) is 2. The number of aliphatic imine (C=N–C) groups is 1. The molecule has 0 aliphatic carbocycles. The number of methoxy groups -OCH3 is 2. The van der Waals surface area contributed by atoms with Crippen LogP contribution in [0.4, 0.5) is 4.79 Å². The van der Waals surface area contributed by atoms with Gasteiger partial charge in [0.1, 0.15) is 0 Å². The summed E-state index contributed by atoms with van der Waals surface area (Å²) in [7, 11) is 4.96. The monoisotopic (exact) mass is 489 g/mol. The number of imide groups is 1. The van der Waals surface area contributed by atoms with E-state index < -0.39 is 12.2 Å². The van der Waals surface area contributed by atoms with Crippen LogP contribution < -0.4 is 9.47 Å². The number of fused-ring (bicyclic) bond motifs is 3. The van der Waals surface area contributed by atoms with Gasteiger partial charge in [-0.15, -0.1) is 0 Å². The number of aryl methyl sites for hydroxylation is 1. The maximum absolute atomic E-state index is 13.6. The molecule has 5 rings (SSSR count). The van der Waals surface area contributed by atoms with Gasteiger partial charge in [-0.1, -0.05) is 35.9 Å². The van der Waals surface area contributed by atoms with E-state index in [-0.39, 0.29) is 18.5 Å². The van der Waals surface area contributed by atoms with Gasteiger partial charge in [0.05, 0.1) is 20.8 Å². The topological polar surface area (TPSA) is 77.9 Å². The largest absolute Gasteiger partial charge is 0.493 e. The van der Waals surface area contributed by atoms with E-state index in [2.05, 4.69) is 4.90 Å². The Morgan fingerprint density at radius 3 is 2.31 bits per heavy atom. The highest BCUT2D eigenvalue weighted by molar-refractivity contribution is 6.04. The minimum atomic E-state index is -0.575. The molecule has 2 atom stereocenters. The van der Waals surface area contributed by atoms with Crippen LogP contribution in [0.2, 0.25) is 0 Å². The Labute approximate surface area is 211 Å². The van der Waals surface area contributed by atoms with Gasteiger partial charge in [-0.25, -0.2) is 9.79 Å². The van der Waals surface area contributed by atoms with Gasteiger partial charge in [0.15, 0.2) is 23.7 Å². The van der Waals surface area contributed by atoms with E-state index in [1.165, 1.54) is 4.90 Å². The smallest absolute Gasteiger partial charge is 0.328 e. The molecule has 0 radical (unpaired) electrons. The fourth-order valence-corrected chi connectivity index (χ4v) is 4.98. The fourth-order valence-electron chi connectivity index (χ4n) is 4.98. The van der Waals surface area contributed by atoms with E-state index in [0.717, 1.165) is 28.8 Å². The highest BCUT2D eigenvalue weighted by atomic mass is 16.5. The van der Waals surface area contributed by atoms with Gasteiger partial charge >= 0.3 is 6.03 Å². The molecule has 3 aliphatic rings. The van der Waals surface area contributed by atoms with Crippen LogP contribution in [0.15, 0.2) is 59.4 Å². The van der Waals surface area contributed by atoms with E-state index >= 15 is 0 Å². The standard InChI is InChI=1S/C27H31N5O4/c1-17-6-8-20(9-7-17)16-32-25(33)23-24(29(3)27(32)34)28-26-30(18(2)15-31(23)26)13-12-19-10-11-21(35-4)22(14-19)36-5/h6-11,14-15,23-24H,12-13,16H2,1-5H3. The number of carbonyl (C=O) groups excluding carboxylic acids is 2. The molecule has 2 aromatic rings. The van der Waals surface area contributed by atoms with Gasteiger partial charge < -0.3 is 24.2 Å². The first-order chi connectivity index (χ1) is 17.3. The van der Waals surface area contributed by atoms with E-state index in [1.54, 1.807) is 26.2 Å².